The zero-order chi connectivity index (χ0) is 13.0. The third-order valence-electron chi connectivity index (χ3n) is 2.48. The fourth-order valence-corrected chi connectivity index (χ4v) is 1.82. The Morgan fingerprint density at radius 1 is 1.41 bits per heavy atom. The van der Waals surface area contributed by atoms with Gasteiger partial charge in [-0.25, -0.2) is 15.8 Å². The maximum atomic E-state index is 9.41. The van der Waals surface area contributed by atoms with Crippen LogP contribution in [0.4, 0.5) is 11.6 Å². The molecule has 0 saturated heterocycles. The molecule has 0 amide bonds. The molecule has 0 aliphatic heterocycles. The van der Waals surface area contributed by atoms with Crippen LogP contribution in [0.25, 0.3) is 0 Å². The number of aliphatic hydroxyl groups is 1. The quantitative estimate of drug-likeness (QED) is 0.518. The summed E-state index contributed by atoms with van der Waals surface area (Å²) in [6.07, 6.45) is 1.05. The number of aromatic nitrogens is 2. The van der Waals surface area contributed by atoms with Crippen molar-refractivity contribution in [3.8, 4) is 0 Å². The molecule has 0 radical (unpaired) electrons. The van der Waals surface area contributed by atoms with Gasteiger partial charge in [-0.15, -0.1) is 0 Å². The van der Waals surface area contributed by atoms with E-state index in [4.69, 9.17) is 5.84 Å². The molecule has 6 nitrogen and oxygen atoms in total. The lowest BCUT2D eigenvalue weighted by molar-refractivity contribution is 0.201. The lowest BCUT2D eigenvalue weighted by Gasteiger charge is -2.24. The van der Waals surface area contributed by atoms with Crippen molar-refractivity contribution < 1.29 is 5.11 Å². The predicted octanol–water partition coefficient (Wildman–Crippen LogP) is 0.703. The smallest absolute Gasteiger partial charge is 0.148 e. The van der Waals surface area contributed by atoms with Crippen LogP contribution < -0.4 is 16.2 Å². The molecular formula is C11H21N5O. The number of nitrogens with one attached hydrogen (secondary N) is 1. The van der Waals surface area contributed by atoms with E-state index in [9.17, 15) is 5.11 Å². The SMILES string of the molecule is CC(O)CN(C)c1ncnc(NN)c1C(C)C. The number of hydrogen-bond acceptors (Lipinski definition) is 6. The van der Waals surface area contributed by atoms with Gasteiger partial charge in [0.1, 0.15) is 18.0 Å². The number of nitrogens with two attached hydrogens (primary N) is 1. The van der Waals surface area contributed by atoms with Crippen LogP contribution in [-0.2, 0) is 0 Å². The molecular weight excluding hydrogens is 218 g/mol. The summed E-state index contributed by atoms with van der Waals surface area (Å²) in [5.41, 5.74) is 3.54. The molecule has 0 bridgehead atoms. The van der Waals surface area contributed by atoms with Crippen molar-refractivity contribution in [3.63, 3.8) is 0 Å². The van der Waals surface area contributed by atoms with Crippen LogP contribution in [0.15, 0.2) is 6.33 Å². The highest BCUT2D eigenvalue weighted by Crippen LogP contribution is 2.29. The first-order valence-electron chi connectivity index (χ1n) is 5.68. The molecule has 0 aliphatic rings. The van der Waals surface area contributed by atoms with Crippen LogP contribution in [0.3, 0.4) is 0 Å². The van der Waals surface area contributed by atoms with Crippen LogP contribution >= 0.6 is 0 Å². The van der Waals surface area contributed by atoms with Crippen molar-refractivity contribution in [1.29, 1.82) is 0 Å². The monoisotopic (exact) mass is 239 g/mol. The van der Waals surface area contributed by atoms with Gasteiger partial charge in [-0.2, -0.15) is 0 Å². The number of nitrogens with zero attached hydrogens (tertiary/aromatic N) is 3. The second kappa shape index (κ2) is 5.79. The van der Waals surface area contributed by atoms with Crippen LogP contribution in [-0.4, -0.2) is 34.8 Å². The third kappa shape index (κ3) is 3.28. The van der Waals surface area contributed by atoms with Gasteiger partial charge in [0.05, 0.1) is 6.10 Å². The number of nitrogen functional groups attached to an aromatic ring is 1. The number of hydrogen-bond donors (Lipinski definition) is 3. The van der Waals surface area contributed by atoms with Crippen molar-refractivity contribution in [1.82, 2.24) is 9.97 Å². The Kier molecular flexibility index (Phi) is 4.65. The molecule has 1 rings (SSSR count). The summed E-state index contributed by atoms with van der Waals surface area (Å²) < 4.78 is 0. The van der Waals surface area contributed by atoms with E-state index in [0.717, 1.165) is 11.4 Å². The van der Waals surface area contributed by atoms with Crippen molar-refractivity contribution in [2.75, 3.05) is 23.9 Å². The van der Waals surface area contributed by atoms with Crippen LogP contribution in [0, 0.1) is 0 Å². The zero-order valence-corrected chi connectivity index (χ0v) is 10.8. The molecule has 17 heavy (non-hydrogen) atoms. The molecule has 0 saturated carbocycles. The highest BCUT2D eigenvalue weighted by atomic mass is 16.3. The van der Waals surface area contributed by atoms with Gasteiger partial charge >= 0.3 is 0 Å². The summed E-state index contributed by atoms with van der Waals surface area (Å²) in [5, 5.41) is 9.41. The molecule has 1 aromatic heterocycles. The molecule has 1 atom stereocenters. The third-order valence-corrected chi connectivity index (χ3v) is 2.48. The normalized spacial score (nSPS) is 12.6. The highest BCUT2D eigenvalue weighted by molar-refractivity contribution is 5.59. The maximum Gasteiger partial charge on any atom is 0.148 e. The van der Waals surface area contributed by atoms with E-state index in [1.807, 2.05) is 11.9 Å². The van der Waals surface area contributed by atoms with E-state index in [0.29, 0.717) is 12.4 Å². The first-order valence-corrected chi connectivity index (χ1v) is 5.68. The number of aliphatic hydroxyl groups excluding tert-OH is 1. The molecule has 1 unspecified atom stereocenters. The van der Waals surface area contributed by atoms with Gasteiger partial charge in [0, 0.05) is 19.2 Å². The van der Waals surface area contributed by atoms with E-state index >= 15 is 0 Å². The van der Waals surface area contributed by atoms with Crippen LogP contribution in [0.1, 0.15) is 32.3 Å². The second-order valence-electron chi connectivity index (χ2n) is 4.49. The molecule has 0 aromatic carbocycles. The van der Waals surface area contributed by atoms with Gasteiger partial charge in [-0.05, 0) is 12.8 Å². The van der Waals surface area contributed by atoms with E-state index in [2.05, 4.69) is 29.2 Å². The van der Waals surface area contributed by atoms with Crippen molar-refractivity contribution in [2.24, 2.45) is 5.84 Å². The van der Waals surface area contributed by atoms with Crippen molar-refractivity contribution >= 4 is 11.6 Å². The first-order chi connectivity index (χ1) is 7.97. The van der Waals surface area contributed by atoms with E-state index in [-0.39, 0.29) is 5.92 Å². The van der Waals surface area contributed by atoms with Crippen molar-refractivity contribution in [2.45, 2.75) is 32.8 Å². The lowest BCUT2D eigenvalue weighted by atomic mass is 10.0. The average molecular weight is 239 g/mol. The second-order valence-corrected chi connectivity index (χ2v) is 4.49. The van der Waals surface area contributed by atoms with E-state index in [1.54, 1.807) is 6.92 Å². The minimum atomic E-state index is -0.413. The van der Waals surface area contributed by atoms with Crippen LogP contribution in [0.2, 0.25) is 0 Å². The Morgan fingerprint density at radius 2 is 2.06 bits per heavy atom. The van der Waals surface area contributed by atoms with Crippen molar-refractivity contribution in [3.05, 3.63) is 11.9 Å². The maximum absolute atomic E-state index is 9.41. The summed E-state index contributed by atoms with van der Waals surface area (Å²) in [6, 6.07) is 0. The standard InChI is InChI=1S/C11H21N5O/c1-7(2)9-10(15-12)13-6-14-11(9)16(4)5-8(3)17/h6-8,17H,5,12H2,1-4H3,(H,13,14,15). The Labute approximate surface area is 102 Å². The summed E-state index contributed by atoms with van der Waals surface area (Å²) in [4.78, 5) is 10.3. The molecule has 96 valence electrons. The first kappa shape index (κ1) is 13.7. The minimum absolute atomic E-state index is 0.244. The largest absolute Gasteiger partial charge is 0.392 e. The van der Waals surface area contributed by atoms with Crippen LogP contribution in [0.5, 0.6) is 0 Å². The minimum Gasteiger partial charge on any atom is -0.392 e. The van der Waals surface area contributed by atoms with Gasteiger partial charge in [-0.3, -0.25) is 0 Å². The van der Waals surface area contributed by atoms with Gasteiger partial charge in [-0.1, -0.05) is 13.8 Å². The Morgan fingerprint density at radius 3 is 2.53 bits per heavy atom. The van der Waals surface area contributed by atoms with E-state index < -0.39 is 6.10 Å². The Bertz CT molecular complexity index is 367. The van der Waals surface area contributed by atoms with E-state index in [1.165, 1.54) is 6.33 Å². The lowest BCUT2D eigenvalue weighted by Crippen LogP contribution is -2.29. The molecule has 0 aliphatic carbocycles. The average Bonchev–Trinajstić information content (AvgIpc) is 2.26. The summed E-state index contributed by atoms with van der Waals surface area (Å²) in [6.45, 7) is 6.37. The fraction of sp³-hybridized carbons (Fsp3) is 0.636. The van der Waals surface area contributed by atoms with Gasteiger partial charge < -0.3 is 15.4 Å². The summed E-state index contributed by atoms with van der Waals surface area (Å²) >= 11 is 0. The fourth-order valence-electron chi connectivity index (χ4n) is 1.82. The number of likely N-dealkylation sites (N-methyl/N-ethyl adjacent to an activating group) is 1. The molecule has 1 heterocycles. The summed E-state index contributed by atoms with van der Waals surface area (Å²) in [7, 11) is 1.89. The van der Waals surface area contributed by atoms with Gasteiger partial charge in [0.2, 0.25) is 0 Å². The topological polar surface area (TPSA) is 87.3 Å². The molecule has 0 spiro atoms. The number of rotatable bonds is 5. The molecule has 1 aromatic rings. The number of anilines is 2. The predicted molar refractivity (Wildman–Crippen MR) is 68.9 cm³/mol. The summed E-state index contributed by atoms with van der Waals surface area (Å²) in [5.74, 6) is 7.12. The van der Waals surface area contributed by atoms with Gasteiger partial charge in [0.15, 0.2) is 0 Å². The van der Waals surface area contributed by atoms with Gasteiger partial charge in [0.25, 0.3) is 0 Å². The molecule has 4 N–H and O–H groups in total. The molecule has 0 fully saturated rings. The Hall–Kier alpha value is -1.40. The zero-order valence-electron chi connectivity index (χ0n) is 10.8. The Balaban J connectivity index is 3.13. The number of hydrazine groups is 1. The molecule has 6 heteroatoms. The highest BCUT2D eigenvalue weighted by Gasteiger charge is 2.17.